The van der Waals surface area contributed by atoms with Crippen molar-refractivity contribution in [2.75, 3.05) is 32.8 Å². The van der Waals surface area contributed by atoms with Gasteiger partial charge in [-0.25, -0.2) is 4.79 Å². The van der Waals surface area contributed by atoms with Crippen molar-refractivity contribution in [2.24, 2.45) is 5.73 Å². The van der Waals surface area contributed by atoms with Gasteiger partial charge in [-0.1, -0.05) is 48.5 Å². The largest absolute Gasteiger partial charge is 0.484 e. The van der Waals surface area contributed by atoms with E-state index in [0.717, 1.165) is 5.39 Å². The van der Waals surface area contributed by atoms with Gasteiger partial charge in [0.15, 0.2) is 6.61 Å². The van der Waals surface area contributed by atoms with Crippen molar-refractivity contribution < 1.29 is 23.9 Å². The summed E-state index contributed by atoms with van der Waals surface area (Å²) in [6.45, 7) is 1.57. The fourth-order valence-corrected chi connectivity index (χ4v) is 3.85. The number of hydrogen-bond acceptors (Lipinski definition) is 5. The van der Waals surface area contributed by atoms with E-state index in [1.54, 1.807) is 41.3 Å². The van der Waals surface area contributed by atoms with Crippen LogP contribution in [0.15, 0.2) is 66.7 Å². The summed E-state index contributed by atoms with van der Waals surface area (Å²) in [6, 6.07) is 19.8. The lowest BCUT2D eigenvalue weighted by molar-refractivity contribution is -0.133. The molecule has 0 saturated carbocycles. The molecule has 0 spiro atoms. The number of primary amides is 1. The maximum Gasteiger partial charge on any atom is 0.415 e. The molecule has 4 rings (SSSR count). The Morgan fingerprint density at radius 2 is 1.52 bits per heavy atom. The van der Waals surface area contributed by atoms with Gasteiger partial charge in [0.2, 0.25) is 0 Å². The van der Waals surface area contributed by atoms with Crippen molar-refractivity contribution >= 4 is 28.7 Å². The number of ether oxygens (including phenoxy) is 2. The van der Waals surface area contributed by atoms with Gasteiger partial charge >= 0.3 is 6.09 Å². The molecule has 3 amide bonds. The number of rotatable bonds is 5. The number of nitrogens with zero attached hydrogens (tertiary/aromatic N) is 2. The minimum Gasteiger partial charge on any atom is -0.484 e. The summed E-state index contributed by atoms with van der Waals surface area (Å²) in [7, 11) is 0. The average Bonchev–Trinajstić information content (AvgIpc) is 3.09. The lowest BCUT2D eigenvalue weighted by Gasteiger charge is -2.22. The van der Waals surface area contributed by atoms with E-state index in [0.29, 0.717) is 43.7 Å². The van der Waals surface area contributed by atoms with Gasteiger partial charge in [-0.15, -0.1) is 0 Å². The van der Waals surface area contributed by atoms with Crippen LogP contribution in [0.4, 0.5) is 4.79 Å². The molecule has 0 aliphatic carbocycles. The minimum absolute atomic E-state index is 0.0620. The third-order valence-electron chi connectivity index (χ3n) is 5.55. The van der Waals surface area contributed by atoms with Gasteiger partial charge in [-0.3, -0.25) is 9.59 Å². The third kappa shape index (κ3) is 5.23. The molecule has 1 fully saturated rings. The predicted molar refractivity (Wildman–Crippen MR) is 123 cm³/mol. The SMILES string of the molecule is NC(=O)c1c(OC(=O)N2CCCN(C(=O)COc3ccccc3)CC2)ccc2ccccc12. The maximum atomic E-state index is 12.8. The van der Waals surface area contributed by atoms with Crippen LogP contribution in [-0.2, 0) is 4.79 Å². The minimum atomic E-state index is -0.666. The highest BCUT2D eigenvalue weighted by Crippen LogP contribution is 2.28. The van der Waals surface area contributed by atoms with E-state index in [2.05, 4.69) is 0 Å². The summed E-state index contributed by atoms with van der Waals surface area (Å²) < 4.78 is 11.1. The van der Waals surface area contributed by atoms with Gasteiger partial charge in [-0.2, -0.15) is 0 Å². The summed E-state index contributed by atoms with van der Waals surface area (Å²) >= 11 is 0. The predicted octanol–water partition coefficient (Wildman–Crippen LogP) is 3.05. The number of para-hydroxylation sites is 1. The number of benzene rings is 3. The van der Waals surface area contributed by atoms with E-state index in [9.17, 15) is 14.4 Å². The molecule has 1 heterocycles. The fraction of sp³-hybridized carbons (Fsp3) is 0.240. The monoisotopic (exact) mass is 447 g/mol. The van der Waals surface area contributed by atoms with Crippen LogP contribution in [0, 0.1) is 0 Å². The standard InChI is InChI=1S/C25H25N3O5/c26-24(30)23-20-10-5-4-7-18(20)11-12-21(23)33-25(31)28-14-6-13-27(15-16-28)22(29)17-32-19-8-2-1-3-9-19/h1-5,7-12H,6,13-17H2,(H2,26,30). The van der Waals surface area contributed by atoms with Crippen LogP contribution in [0.3, 0.4) is 0 Å². The normalized spacial score (nSPS) is 13.9. The number of amides is 3. The highest BCUT2D eigenvalue weighted by molar-refractivity contribution is 6.09. The molecule has 2 N–H and O–H groups in total. The Labute approximate surface area is 191 Å². The second-order valence-corrected chi connectivity index (χ2v) is 7.72. The van der Waals surface area contributed by atoms with E-state index >= 15 is 0 Å². The molecule has 0 unspecified atom stereocenters. The number of nitrogens with two attached hydrogens (primary N) is 1. The molecule has 0 bridgehead atoms. The van der Waals surface area contributed by atoms with Crippen molar-refractivity contribution in [2.45, 2.75) is 6.42 Å². The molecule has 3 aromatic carbocycles. The maximum absolute atomic E-state index is 12.8. The van der Waals surface area contributed by atoms with Gasteiger partial charge in [-0.05, 0) is 35.4 Å². The van der Waals surface area contributed by atoms with Crippen LogP contribution in [0.5, 0.6) is 11.5 Å². The fourth-order valence-electron chi connectivity index (χ4n) is 3.85. The molecule has 8 nitrogen and oxygen atoms in total. The molecule has 1 saturated heterocycles. The molecule has 0 radical (unpaired) electrons. The van der Waals surface area contributed by atoms with Crippen molar-refractivity contribution in [1.82, 2.24) is 9.80 Å². The van der Waals surface area contributed by atoms with Crippen LogP contribution < -0.4 is 15.2 Å². The first-order chi connectivity index (χ1) is 16.0. The van der Waals surface area contributed by atoms with Crippen LogP contribution in [-0.4, -0.2) is 60.5 Å². The van der Waals surface area contributed by atoms with Crippen LogP contribution >= 0.6 is 0 Å². The van der Waals surface area contributed by atoms with E-state index in [-0.39, 0.29) is 23.8 Å². The van der Waals surface area contributed by atoms with Crippen LogP contribution in [0.25, 0.3) is 10.8 Å². The zero-order chi connectivity index (χ0) is 23.2. The molecular weight excluding hydrogens is 422 g/mol. The zero-order valence-corrected chi connectivity index (χ0v) is 18.1. The lowest BCUT2D eigenvalue weighted by Crippen LogP contribution is -2.40. The molecule has 1 aliphatic rings. The van der Waals surface area contributed by atoms with Gasteiger partial charge in [0.25, 0.3) is 11.8 Å². The Morgan fingerprint density at radius 3 is 2.30 bits per heavy atom. The van der Waals surface area contributed by atoms with Crippen molar-refractivity contribution in [3.05, 3.63) is 72.3 Å². The second-order valence-electron chi connectivity index (χ2n) is 7.72. The average molecular weight is 447 g/mol. The first-order valence-corrected chi connectivity index (χ1v) is 10.8. The molecule has 8 heteroatoms. The topological polar surface area (TPSA) is 102 Å². The number of carbonyl (C=O) groups excluding carboxylic acids is 3. The van der Waals surface area contributed by atoms with Crippen molar-refractivity contribution in [1.29, 1.82) is 0 Å². The van der Waals surface area contributed by atoms with E-state index in [4.69, 9.17) is 15.2 Å². The molecular formula is C25H25N3O5. The number of carbonyl (C=O) groups is 3. The Bertz CT molecular complexity index is 1170. The van der Waals surface area contributed by atoms with Crippen LogP contribution in [0.1, 0.15) is 16.8 Å². The molecule has 1 aliphatic heterocycles. The quantitative estimate of drug-likeness (QED) is 0.648. The Morgan fingerprint density at radius 1 is 0.818 bits per heavy atom. The van der Waals surface area contributed by atoms with Gasteiger partial charge in [0, 0.05) is 26.2 Å². The molecule has 0 aromatic heterocycles. The Hall–Kier alpha value is -4.07. The summed E-state index contributed by atoms with van der Waals surface area (Å²) in [5, 5.41) is 1.45. The first-order valence-electron chi connectivity index (χ1n) is 10.8. The van der Waals surface area contributed by atoms with Gasteiger partial charge in [0.05, 0.1) is 5.56 Å². The highest BCUT2D eigenvalue weighted by Gasteiger charge is 2.25. The zero-order valence-electron chi connectivity index (χ0n) is 18.1. The first kappa shape index (κ1) is 22.1. The smallest absolute Gasteiger partial charge is 0.415 e. The van der Waals surface area contributed by atoms with E-state index in [1.807, 2.05) is 30.3 Å². The third-order valence-corrected chi connectivity index (χ3v) is 5.55. The summed E-state index contributed by atoms with van der Waals surface area (Å²) in [6.07, 6.45) is 0.0228. The van der Waals surface area contributed by atoms with Crippen molar-refractivity contribution in [3.63, 3.8) is 0 Å². The van der Waals surface area contributed by atoms with Gasteiger partial charge < -0.3 is 25.0 Å². The molecule has 33 heavy (non-hydrogen) atoms. The molecule has 3 aromatic rings. The van der Waals surface area contributed by atoms with Crippen molar-refractivity contribution in [3.8, 4) is 11.5 Å². The Kier molecular flexibility index (Phi) is 6.73. The van der Waals surface area contributed by atoms with E-state index < -0.39 is 12.0 Å². The van der Waals surface area contributed by atoms with Gasteiger partial charge in [0.1, 0.15) is 11.5 Å². The highest BCUT2D eigenvalue weighted by atomic mass is 16.6. The molecule has 0 atom stereocenters. The summed E-state index contributed by atoms with van der Waals surface area (Å²) in [5.41, 5.74) is 5.75. The summed E-state index contributed by atoms with van der Waals surface area (Å²) in [4.78, 5) is 40.7. The molecule has 170 valence electrons. The van der Waals surface area contributed by atoms with E-state index in [1.165, 1.54) is 4.90 Å². The number of fused-ring (bicyclic) bond motifs is 1. The summed E-state index contributed by atoms with van der Waals surface area (Å²) in [5.74, 6) is -0.0496. The number of hydrogen-bond donors (Lipinski definition) is 1. The lowest BCUT2D eigenvalue weighted by atomic mass is 10.0. The van der Waals surface area contributed by atoms with Crippen LogP contribution in [0.2, 0.25) is 0 Å². The Balaban J connectivity index is 1.38. The second kappa shape index (κ2) is 10.0.